The molecule has 3 N–H and O–H groups in total. The van der Waals surface area contributed by atoms with Crippen LogP contribution in [-0.2, 0) is 9.59 Å². The lowest BCUT2D eigenvalue weighted by Gasteiger charge is -2.15. The Morgan fingerprint density at radius 1 is 1.19 bits per heavy atom. The lowest BCUT2D eigenvalue weighted by molar-refractivity contribution is -0.145. The molecule has 1 aromatic rings. The van der Waals surface area contributed by atoms with Crippen molar-refractivity contribution in [3.8, 4) is 11.5 Å². The Morgan fingerprint density at radius 3 is 2.33 bits per heavy atom. The molecule has 0 fully saturated rings. The van der Waals surface area contributed by atoms with Crippen molar-refractivity contribution >= 4 is 17.8 Å². The Morgan fingerprint density at radius 2 is 1.86 bits per heavy atom. The molecule has 1 atom stereocenters. The van der Waals surface area contributed by atoms with Gasteiger partial charge in [0, 0.05) is 0 Å². The Balaban J connectivity index is 3.02. The van der Waals surface area contributed by atoms with Crippen LogP contribution in [0.5, 0.6) is 11.5 Å². The number of rotatable bonds is 7. The largest absolute Gasteiger partial charge is 0.493 e. The highest BCUT2D eigenvalue weighted by molar-refractivity contribution is 6.00. The highest BCUT2D eigenvalue weighted by Gasteiger charge is 2.25. The van der Waals surface area contributed by atoms with Gasteiger partial charge in [0.05, 0.1) is 26.2 Å². The third-order valence-electron chi connectivity index (χ3n) is 2.63. The van der Waals surface area contributed by atoms with Crippen molar-refractivity contribution in [2.75, 3.05) is 14.2 Å². The van der Waals surface area contributed by atoms with Gasteiger partial charge in [-0.05, 0) is 12.1 Å². The summed E-state index contributed by atoms with van der Waals surface area (Å²) in [4.78, 5) is 33.6. The van der Waals surface area contributed by atoms with Crippen LogP contribution >= 0.6 is 0 Å². The normalized spacial score (nSPS) is 11.3. The second-order valence-electron chi connectivity index (χ2n) is 4.00. The van der Waals surface area contributed by atoms with Crippen LogP contribution in [0.15, 0.2) is 18.2 Å². The molecule has 0 radical (unpaired) electrons. The summed E-state index contributed by atoms with van der Waals surface area (Å²) in [7, 11) is 2.73. The molecule has 1 unspecified atom stereocenters. The molecule has 0 aliphatic carbocycles. The second kappa shape index (κ2) is 7.13. The lowest BCUT2D eigenvalue weighted by atomic mass is 10.1. The zero-order chi connectivity index (χ0) is 16.0. The maximum absolute atomic E-state index is 12.1. The zero-order valence-electron chi connectivity index (χ0n) is 11.5. The van der Waals surface area contributed by atoms with Crippen LogP contribution in [0.2, 0.25) is 0 Å². The van der Waals surface area contributed by atoms with Crippen molar-refractivity contribution in [1.29, 1.82) is 0 Å². The molecule has 0 aliphatic rings. The number of carbonyl (C=O) groups excluding carboxylic acids is 1. The van der Waals surface area contributed by atoms with E-state index < -0.39 is 30.3 Å². The molecule has 0 aliphatic heterocycles. The number of carboxylic acid groups (broad SMARTS) is 2. The van der Waals surface area contributed by atoms with Gasteiger partial charge in [0.1, 0.15) is 6.04 Å². The van der Waals surface area contributed by atoms with Crippen LogP contribution in [0, 0.1) is 0 Å². The van der Waals surface area contributed by atoms with Crippen molar-refractivity contribution in [2.45, 2.75) is 12.5 Å². The molecule has 0 aromatic heterocycles. The number of para-hydroxylation sites is 1. The summed E-state index contributed by atoms with van der Waals surface area (Å²) in [5, 5.41) is 19.7. The number of hydrogen-bond donors (Lipinski definition) is 3. The molecule has 1 rings (SSSR count). The molecule has 1 amide bonds. The van der Waals surface area contributed by atoms with E-state index in [-0.39, 0.29) is 11.3 Å². The van der Waals surface area contributed by atoms with Crippen LogP contribution < -0.4 is 14.8 Å². The number of carbonyl (C=O) groups is 3. The predicted octanol–water partition coefficient (Wildman–Crippen LogP) is 0.361. The van der Waals surface area contributed by atoms with E-state index in [1.165, 1.54) is 26.4 Å². The molecule has 8 nitrogen and oxygen atoms in total. The minimum atomic E-state index is -1.54. The van der Waals surface area contributed by atoms with E-state index in [1.54, 1.807) is 6.07 Å². The fourth-order valence-electron chi connectivity index (χ4n) is 1.68. The maximum atomic E-state index is 12.1. The van der Waals surface area contributed by atoms with E-state index in [4.69, 9.17) is 19.7 Å². The van der Waals surface area contributed by atoms with Crippen LogP contribution in [-0.4, -0.2) is 48.3 Å². The van der Waals surface area contributed by atoms with Gasteiger partial charge in [-0.2, -0.15) is 0 Å². The first kappa shape index (κ1) is 16.3. The van der Waals surface area contributed by atoms with E-state index >= 15 is 0 Å². The first-order valence-electron chi connectivity index (χ1n) is 5.87. The smallest absolute Gasteiger partial charge is 0.326 e. The van der Waals surface area contributed by atoms with Crippen molar-refractivity contribution in [2.24, 2.45) is 0 Å². The van der Waals surface area contributed by atoms with Gasteiger partial charge >= 0.3 is 11.9 Å². The summed E-state index contributed by atoms with van der Waals surface area (Å²) < 4.78 is 10.1. The van der Waals surface area contributed by atoms with Crippen LogP contribution in [0.25, 0.3) is 0 Å². The number of carboxylic acids is 2. The molecular weight excluding hydrogens is 282 g/mol. The maximum Gasteiger partial charge on any atom is 0.326 e. The molecule has 0 spiro atoms. The summed E-state index contributed by atoms with van der Waals surface area (Å²) in [5.41, 5.74) is 0.0495. The van der Waals surface area contributed by atoms with Crippen molar-refractivity contribution < 1.29 is 34.1 Å². The third kappa shape index (κ3) is 4.10. The number of aliphatic carboxylic acids is 2. The molecule has 0 saturated heterocycles. The quantitative estimate of drug-likeness (QED) is 0.664. The molecule has 114 valence electrons. The lowest BCUT2D eigenvalue weighted by Crippen LogP contribution is -2.42. The Kier molecular flexibility index (Phi) is 5.53. The summed E-state index contributed by atoms with van der Waals surface area (Å²) >= 11 is 0. The summed E-state index contributed by atoms with van der Waals surface area (Å²) in [6, 6.07) is 2.98. The number of nitrogens with one attached hydrogen (secondary N) is 1. The molecule has 0 heterocycles. The van der Waals surface area contributed by atoms with Gasteiger partial charge in [0.15, 0.2) is 11.5 Å². The standard InChI is InChI=1S/C13H15NO7/c1-20-9-5-3-4-7(11(9)21-2)12(17)14-8(13(18)19)6-10(15)16/h3-5,8H,6H2,1-2H3,(H,14,17)(H,15,16)(H,18,19). The third-order valence-corrected chi connectivity index (χ3v) is 2.63. The van der Waals surface area contributed by atoms with Crippen LogP contribution in [0.4, 0.5) is 0 Å². The summed E-state index contributed by atoms with van der Waals surface area (Å²) in [5.74, 6) is -3.10. The van der Waals surface area contributed by atoms with Crippen molar-refractivity contribution in [3.05, 3.63) is 23.8 Å². The first-order chi connectivity index (χ1) is 9.90. The molecule has 0 saturated carbocycles. The Labute approximate surface area is 120 Å². The van der Waals surface area contributed by atoms with Gasteiger partial charge < -0.3 is 25.0 Å². The van der Waals surface area contributed by atoms with Gasteiger partial charge in [0.2, 0.25) is 0 Å². The molecule has 0 bridgehead atoms. The Bertz CT molecular complexity index is 555. The van der Waals surface area contributed by atoms with Gasteiger partial charge in [-0.15, -0.1) is 0 Å². The monoisotopic (exact) mass is 297 g/mol. The molecule has 8 heteroatoms. The predicted molar refractivity (Wildman–Crippen MR) is 70.7 cm³/mol. The van der Waals surface area contributed by atoms with Gasteiger partial charge in [-0.1, -0.05) is 6.07 Å². The average molecular weight is 297 g/mol. The zero-order valence-corrected chi connectivity index (χ0v) is 11.5. The van der Waals surface area contributed by atoms with E-state index in [1.807, 2.05) is 0 Å². The fourth-order valence-corrected chi connectivity index (χ4v) is 1.68. The minimum Gasteiger partial charge on any atom is -0.493 e. The minimum absolute atomic E-state index is 0.0495. The number of benzene rings is 1. The SMILES string of the molecule is COc1cccc(C(=O)NC(CC(=O)O)C(=O)O)c1OC. The topological polar surface area (TPSA) is 122 Å². The number of ether oxygens (including phenoxy) is 2. The fraction of sp³-hybridized carbons (Fsp3) is 0.308. The Hall–Kier alpha value is -2.77. The first-order valence-corrected chi connectivity index (χ1v) is 5.87. The number of methoxy groups -OCH3 is 2. The average Bonchev–Trinajstić information content (AvgIpc) is 2.44. The number of amides is 1. The van der Waals surface area contributed by atoms with Gasteiger partial charge in [-0.25, -0.2) is 4.79 Å². The van der Waals surface area contributed by atoms with Crippen molar-refractivity contribution in [3.63, 3.8) is 0 Å². The summed E-state index contributed by atoms with van der Waals surface area (Å²) in [6.45, 7) is 0. The van der Waals surface area contributed by atoms with Crippen LogP contribution in [0.3, 0.4) is 0 Å². The van der Waals surface area contributed by atoms with Crippen LogP contribution in [0.1, 0.15) is 16.8 Å². The van der Waals surface area contributed by atoms with Crippen molar-refractivity contribution in [1.82, 2.24) is 5.32 Å². The van der Waals surface area contributed by atoms with E-state index in [9.17, 15) is 14.4 Å². The molecular formula is C13H15NO7. The molecule has 1 aromatic carbocycles. The number of hydrogen-bond acceptors (Lipinski definition) is 5. The molecule has 21 heavy (non-hydrogen) atoms. The summed E-state index contributed by atoms with van der Waals surface area (Å²) in [6.07, 6.45) is -0.729. The van der Waals surface area contributed by atoms with Gasteiger partial charge in [-0.3, -0.25) is 9.59 Å². The highest BCUT2D eigenvalue weighted by atomic mass is 16.5. The second-order valence-corrected chi connectivity index (χ2v) is 4.00. The van der Waals surface area contributed by atoms with E-state index in [2.05, 4.69) is 5.32 Å². The van der Waals surface area contributed by atoms with Gasteiger partial charge in [0.25, 0.3) is 5.91 Å². The van der Waals surface area contributed by atoms with E-state index in [0.29, 0.717) is 5.75 Å². The van der Waals surface area contributed by atoms with E-state index in [0.717, 1.165) is 0 Å². The highest BCUT2D eigenvalue weighted by Crippen LogP contribution is 2.30.